The molecular weight excluding hydrogens is 440 g/mol. The number of aromatic nitrogens is 1. The molecule has 180 valence electrons. The molecule has 3 rings (SSSR count). The smallest absolute Gasteiger partial charge is 0.349 e. The molecule has 0 atom stereocenters. The average Bonchev–Trinajstić information content (AvgIpc) is 3.47. The highest BCUT2D eigenvalue weighted by Gasteiger charge is 2.27. The molecule has 0 radical (unpaired) electrons. The second-order valence-corrected chi connectivity index (χ2v) is 7.87. The van der Waals surface area contributed by atoms with Crippen LogP contribution in [-0.4, -0.2) is 78.7 Å². The zero-order chi connectivity index (χ0) is 24.7. The molecule has 2 aromatic heterocycles. The minimum absolute atomic E-state index is 0.186. The van der Waals surface area contributed by atoms with Gasteiger partial charge in [-0.15, -0.1) is 0 Å². The van der Waals surface area contributed by atoms with Crippen molar-refractivity contribution in [2.75, 3.05) is 46.5 Å². The van der Waals surface area contributed by atoms with Gasteiger partial charge in [-0.3, -0.25) is 9.59 Å². The summed E-state index contributed by atoms with van der Waals surface area (Å²) in [5.41, 5.74) is 2.42. The van der Waals surface area contributed by atoms with Crippen LogP contribution in [0.2, 0.25) is 0 Å². The summed E-state index contributed by atoms with van der Waals surface area (Å²) in [4.78, 5) is 40.4. The maximum absolute atomic E-state index is 12.5. The van der Waals surface area contributed by atoms with E-state index in [1.807, 2.05) is 30.6 Å². The number of piperazine rings is 1. The minimum atomic E-state index is -0.857. The van der Waals surface area contributed by atoms with Crippen LogP contribution in [0.5, 0.6) is 0 Å². The van der Waals surface area contributed by atoms with Gasteiger partial charge in [-0.2, -0.15) is 5.26 Å². The van der Waals surface area contributed by atoms with Crippen LogP contribution in [0.25, 0.3) is 6.08 Å². The predicted molar refractivity (Wildman–Crippen MR) is 122 cm³/mol. The summed E-state index contributed by atoms with van der Waals surface area (Å²) in [5, 5.41) is 9.45. The lowest BCUT2D eigenvalue weighted by Crippen LogP contribution is -2.51. The van der Waals surface area contributed by atoms with Gasteiger partial charge in [0.25, 0.3) is 11.8 Å². The lowest BCUT2D eigenvalue weighted by atomic mass is 10.1. The van der Waals surface area contributed by atoms with Gasteiger partial charge in [-0.1, -0.05) is 0 Å². The van der Waals surface area contributed by atoms with Crippen molar-refractivity contribution in [1.29, 1.82) is 5.26 Å². The molecule has 0 spiro atoms. The maximum atomic E-state index is 12.5. The van der Waals surface area contributed by atoms with Gasteiger partial charge in [-0.25, -0.2) is 4.79 Å². The van der Waals surface area contributed by atoms with E-state index in [-0.39, 0.29) is 23.1 Å². The highest BCUT2D eigenvalue weighted by molar-refractivity contribution is 5.99. The van der Waals surface area contributed by atoms with E-state index in [1.165, 1.54) is 17.2 Å². The van der Waals surface area contributed by atoms with Crippen LogP contribution in [0.3, 0.4) is 0 Å². The van der Waals surface area contributed by atoms with Gasteiger partial charge in [0.15, 0.2) is 12.4 Å². The van der Waals surface area contributed by atoms with Gasteiger partial charge in [0.05, 0.1) is 12.9 Å². The number of esters is 1. The molecule has 0 bridgehead atoms. The largest absolute Gasteiger partial charge is 0.459 e. The number of methoxy groups -OCH3 is 1. The van der Waals surface area contributed by atoms with E-state index >= 15 is 0 Å². The second kappa shape index (κ2) is 11.3. The van der Waals surface area contributed by atoms with E-state index in [1.54, 1.807) is 24.1 Å². The van der Waals surface area contributed by atoms with E-state index < -0.39 is 12.6 Å². The minimum Gasteiger partial charge on any atom is -0.459 e. The van der Waals surface area contributed by atoms with Crippen LogP contribution >= 0.6 is 0 Å². The van der Waals surface area contributed by atoms with Gasteiger partial charge >= 0.3 is 5.97 Å². The van der Waals surface area contributed by atoms with Crippen molar-refractivity contribution < 1.29 is 28.3 Å². The van der Waals surface area contributed by atoms with Gasteiger partial charge in [-0.05, 0) is 43.7 Å². The Hall–Kier alpha value is -3.84. The fraction of sp³-hybridized carbons (Fsp3) is 0.417. The molecular formula is C24H28N4O6. The third-order valence-corrected chi connectivity index (χ3v) is 5.75. The average molecular weight is 469 g/mol. The van der Waals surface area contributed by atoms with E-state index in [2.05, 4.69) is 0 Å². The van der Waals surface area contributed by atoms with Crippen LogP contribution in [0.4, 0.5) is 0 Å². The Labute approximate surface area is 197 Å². The summed E-state index contributed by atoms with van der Waals surface area (Å²) in [7, 11) is 1.63. The number of rotatable bonds is 8. The number of aryl methyl sites for hydroxylation is 1. The zero-order valence-electron chi connectivity index (χ0n) is 19.6. The van der Waals surface area contributed by atoms with Crippen LogP contribution in [0, 0.1) is 25.2 Å². The Kier molecular flexibility index (Phi) is 8.27. The molecule has 1 aliphatic heterocycles. The van der Waals surface area contributed by atoms with Crippen molar-refractivity contribution in [2.24, 2.45) is 0 Å². The first-order valence-corrected chi connectivity index (χ1v) is 10.9. The van der Waals surface area contributed by atoms with E-state index in [9.17, 15) is 19.6 Å². The van der Waals surface area contributed by atoms with Crippen molar-refractivity contribution in [1.82, 2.24) is 14.4 Å². The predicted octanol–water partition coefficient (Wildman–Crippen LogP) is 1.78. The van der Waals surface area contributed by atoms with Gasteiger partial charge in [0.1, 0.15) is 11.6 Å². The summed E-state index contributed by atoms with van der Waals surface area (Å²) in [6, 6.07) is 6.98. The Morgan fingerprint density at radius 3 is 2.50 bits per heavy atom. The number of ether oxygens (including phenoxy) is 2. The number of nitrogens with zero attached hydrogens (tertiary/aromatic N) is 4. The summed E-state index contributed by atoms with van der Waals surface area (Å²) in [5.74, 6) is -1.21. The Morgan fingerprint density at radius 2 is 1.88 bits per heavy atom. The lowest BCUT2D eigenvalue weighted by molar-refractivity contribution is -0.149. The van der Waals surface area contributed by atoms with E-state index in [0.29, 0.717) is 39.3 Å². The van der Waals surface area contributed by atoms with Gasteiger partial charge in [0, 0.05) is 51.2 Å². The molecule has 10 nitrogen and oxygen atoms in total. The Bertz CT molecular complexity index is 1100. The molecule has 2 amide bonds. The zero-order valence-corrected chi connectivity index (χ0v) is 19.6. The number of hydrogen-bond acceptors (Lipinski definition) is 7. The quantitative estimate of drug-likeness (QED) is 0.329. The molecule has 2 aromatic rings. The van der Waals surface area contributed by atoms with E-state index in [4.69, 9.17) is 13.9 Å². The number of nitriles is 1. The Morgan fingerprint density at radius 1 is 1.18 bits per heavy atom. The third-order valence-electron chi connectivity index (χ3n) is 5.75. The fourth-order valence-electron chi connectivity index (χ4n) is 3.80. The second-order valence-electron chi connectivity index (χ2n) is 7.87. The number of carbonyl (C=O) groups excluding carboxylic acids is 3. The van der Waals surface area contributed by atoms with Crippen LogP contribution in [-0.2, 0) is 25.6 Å². The number of amides is 2. The van der Waals surface area contributed by atoms with Gasteiger partial charge < -0.3 is 28.3 Å². The SMILES string of the molecule is COCCn1c(C)cc(/C=C(\C#N)C(=O)OCC(=O)N2CCN(C(=O)c3ccco3)CC2)c1C. The van der Waals surface area contributed by atoms with Crippen LogP contribution in [0.1, 0.15) is 27.5 Å². The number of hydrogen-bond donors (Lipinski definition) is 0. The molecule has 0 N–H and O–H groups in total. The molecule has 34 heavy (non-hydrogen) atoms. The maximum Gasteiger partial charge on any atom is 0.349 e. The number of carbonyl (C=O) groups is 3. The topological polar surface area (TPSA) is 118 Å². The molecule has 0 saturated carbocycles. The van der Waals surface area contributed by atoms with Crippen molar-refractivity contribution in [3.05, 3.63) is 52.7 Å². The monoisotopic (exact) mass is 468 g/mol. The summed E-state index contributed by atoms with van der Waals surface area (Å²) < 4.78 is 17.4. The molecule has 0 aromatic carbocycles. The first kappa shape index (κ1) is 24.8. The van der Waals surface area contributed by atoms with Crippen LogP contribution < -0.4 is 0 Å². The molecule has 0 unspecified atom stereocenters. The first-order valence-electron chi connectivity index (χ1n) is 10.9. The molecule has 3 heterocycles. The Balaban J connectivity index is 1.54. The molecule has 1 fully saturated rings. The summed E-state index contributed by atoms with van der Waals surface area (Å²) in [6.45, 7) is 5.89. The standard InChI is InChI=1S/C24H28N4O6/c1-17-13-19(18(2)28(17)10-12-32-3)14-20(15-25)24(31)34-16-22(29)26-6-8-27(9-7-26)23(30)21-5-4-11-33-21/h4-5,11,13-14H,6-10,12,16H2,1-3H3/b20-14+. The van der Waals surface area contributed by atoms with Gasteiger partial charge in [0.2, 0.25) is 0 Å². The molecule has 0 aliphatic carbocycles. The lowest BCUT2D eigenvalue weighted by Gasteiger charge is -2.34. The van der Waals surface area contributed by atoms with E-state index in [0.717, 1.165) is 17.0 Å². The van der Waals surface area contributed by atoms with Crippen molar-refractivity contribution >= 4 is 23.9 Å². The fourth-order valence-corrected chi connectivity index (χ4v) is 3.80. The highest BCUT2D eigenvalue weighted by Crippen LogP contribution is 2.19. The molecule has 10 heteroatoms. The molecule has 1 aliphatic rings. The molecule has 1 saturated heterocycles. The first-order chi connectivity index (χ1) is 16.3. The van der Waals surface area contributed by atoms with Crippen molar-refractivity contribution in [2.45, 2.75) is 20.4 Å². The summed E-state index contributed by atoms with van der Waals surface area (Å²) in [6.07, 6.45) is 2.90. The highest BCUT2D eigenvalue weighted by atomic mass is 16.5. The normalized spacial score (nSPS) is 14.1. The van der Waals surface area contributed by atoms with Crippen molar-refractivity contribution in [3.8, 4) is 6.07 Å². The third kappa shape index (κ3) is 5.74. The van der Waals surface area contributed by atoms with Crippen LogP contribution in [0.15, 0.2) is 34.5 Å². The van der Waals surface area contributed by atoms with Crippen molar-refractivity contribution in [3.63, 3.8) is 0 Å². The summed E-state index contributed by atoms with van der Waals surface area (Å²) >= 11 is 0. The number of furan rings is 1.